The molecule has 1 aliphatic rings. The molecule has 3 rings (SSSR count). The van der Waals surface area contributed by atoms with Crippen molar-refractivity contribution in [2.75, 3.05) is 7.11 Å². The third-order valence-electron chi connectivity index (χ3n) is 5.03. The van der Waals surface area contributed by atoms with Gasteiger partial charge in [0.15, 0.2) is 0 Å². The van der Waals surface area contributed by atoms with Crippen LogP contribution >= 0.6 is 0 Å². The Hall–Kier alpha value is -2.24. The van der Waals surface area contributed by atoms with Crippen LogP contribution in [0.15, 0.2) is 70.5 Å². The molecule has 0 spiro atoms. The molecule has 0 fully saturated rings. The summed E-state index contributed by atoms with van der Waals surface area (Å²) < 4.78 is 18.1. The van der Waals surface area contributed by atoms with Crippen molar-refractivity contribution in [2.45, 2.75) is 30.8 Å². The number of hydrogen-bond donors (Lipinski definition) is 1. The number of methoxy groups -OCH3 is 1. The van der Waals surface area contributed by atoms with Crippen molar-refractivity contribution in [3.63, 3.8) is 0 Å². The van der Waals surface area contributed by atoms with Gasteiger partial charge in [-0.25, -0.2) is 4.21 Å². The van der Waals surface area contributed by atoms with E-state index < -0.39 is 28.8 Å². The summed E-state index contributed by atoms with van der Waals surface area (Å²) in [5.74, 6) is -1.60. The Balaban J connectivity index is 1.92. The molecular formula is C22H24O4S. The molecule has 0 radical (unpaired) electrons. The van der Waals surface area contributed by atoms with Gasteiger partial charge < -0.3 is 9.84 Å². The maximum atomic E-state index is 13.2. The Labute approximate surface area is 162 Å². The van der Waals surface area contributed by atoms with Gasteiger partial charge in [-0.3, -0.25) is 4.79 Å². The maximum Gasteiger partial charge on any atom is 0.312 e. The van der Waals surface area contributed by atoms with Gasteiger partial charge in [0.25, 0.3) is 0 Å². The van der Waals surface area contributed by atoms with Crippen LogP contribution in [0.4, 0.5) is 0 Å². The number of aryl methyl sites for hydroxylation is 1. The predicted octanol–water partition coefficient (Wildman–Crippen LogP) is 3.92. The van der Waals surface area contributed by atoms with E-state index in [1.54, 1.807) is 12.1 Å². The molecule has 1 aliphatic carbocycles. The summed E-state index contributed by atoms with van der Waals surface area (Å²) in [4.78, 5) is 14.0. The third kappa shape index (κ3) is 4.20. The summed E-state index contributed by atoms with van der Waals surface area (Å²) in [6.45, 7) is 1.98. The minimum atomic E-state index is -1.37. The van der Waals surface area contributed by atoms with Gasteiger partial charge in [-0.15, -0.1) is 0 Å². The lowest BCUT2D eigenvalue weighted by atomic mass is 9.84. The van der Waals surface area contributed by atoms with Crippen LogP contribution < -0.4 is 0 Å². The van der Waals surface area contributed by atoms with E-state index in [1.165, 1.54) is 7.11 Å². The fraction of sp³-hybridized carbons (Fsp3) is 0.318. The van der Waals surface area contributed by atoms with Crippen molar-refractivity contribution in [3.05, 3.63) is 76.7 Å². The van der Waals surface area contributed by atoms with Gasteiger partial charge >= 0.3 is 5.97 Å². The Morgan fingerprint density at radius 3 is 2.44 bits per heavy atom. The van der Waals surface area contributed by atoms with Gasteiger partial charge in [0.2, 0.25) is 0 Å². The number of rotatable bonds is 6. The van der Waals surface area contributed by atoms with Gasteiger partial charge in [0, 0.05) is 15.7 Å². The van der Waals surface area contributed by atoms with Crippen LogP contribution in [0.2, 0.25) is 0 Å². The largest absolute Gasteiger partial charge is 0.469 e. The molecule has 1 unspecified atom stereocenters. The van der Waals surface area contributed by atoms with Gasteiger partial charge in [-0.1, -0.05) is 54.1 Å². The number of aliphatic hydroxyl groups excluding tert-OH is 1. The van der Waals surface area contributed by atoms with Crippen LogP contribution in [-0.4, -0.2) is 22.4 Å². The molecule has 1 N–H and O–H groups in total. The number of allylic oxidation sites excluding steroid dienone is 2. The van der Waals surface area contributed by atoms with Crippen molar-refractivity contribution in [1.82, 2.24) is 0 Å². The maximum absolute atomic E-state index is 13.2. The smallest absolute Gasteiger partial charge is 0.312 e. The normalized spacial score (nSPS) is 19.8. The molecule has 0 saturated heterocycles. The third-order valence-corrected chi connectivity index (χ3v) is 6.62. The summed E-state index contributed by atoms with van der Waals surface area (Å²) in [5, 5.41) is 10.9. The van der Waals surface area contributed by atoms with Crippen LogP contribution in [0.25, 0.3) is 0 Å². The van der Waals surface area contributed by atoms with Gasteiger partial charge in [-0.05, 0) is 37.5 Å². The van der Waals surface area contributed by atoms with Crippen molar-refractivity contribution in [3.8, 4) is 0 Å². The van der Waals surface area contributed by atoms with E-state index in [0.29, 0.717) is 21.8 Å². The molecular weight excluding hydrogens is 360 g/mol. The van der Waals surface area contributed by atoms with E-state index in [1.807, 2.05) is 55.5 Å². The lowest BCUT2D eigenvalue weighted by Gasteiger charge is -2.28. The number of hydrogen-bond acceptors (Lipinski definition) is 4. The van der Waals surface area contributed by atoms with Crippen LogP contribution in [0, 0.1) is 18.8 Å². The Bertz CT molecular complexity index is 842. The van der Waals surface area contributed by atoms with Crippen molar-refractivity contribution in [1.29, 1.82) is 0 Å². The van der Waals surface area contributed by atoms with E-state index in [4.69, 9.17) is 4.74 Å². The summed E-state index contributed by atoms with van der Waals surface area (Å²) in [6.07, 6.45) is 2.32. The van der Waals surface area contributed by atoms with Gasteiger partial charge in [-0.2, -0.15) is 0 Å². The van der Waals surface area contributed by atoms with E-state index in [-0.39, 0.29) is 5.92 Å². The SMILES string of the molecule is COC(=O)[C@H]([C@H](O)c1ccccc1)[C@H]1CCC=C1S(=O)c1ccc(C)cc1. The number of benzene rings is 2. The molecule has 2 aromatic rings. The second kappa shape index (κ2) is 8.63. The molecule has 0 aromatic heterocycles. The molecule has 2 aromatic carbocycles. The number of esters is 1. The average molecular weight is 384 g/mol. The predicted molar refractivity (Wildman–Crippen MR) is 105 cm³/mol. The molecule has 27 heavy (non-hydrogen) atoms. The van der Waals surface area contributed by atoms with Crippen LogP contribution in [0.1, 0.15) is 30.1 Å². The van der Waals surface area contributed by atoms with Crippen molar-refractivity contribution < 1.29 is 18.8 Å². The highest BCUT2D eigenvalue weighted by Crippen LogP contribution is 2.42. The zero-order chi connectivity index (χ0) is 19.4. The summed E-state index contributed by atoms with van der Waals surface area (Å²) in [5.41, 5.74) is 1.75. The molecule has 5 heteroatoms. The number of aliphatic hydroxyl groups is 1. The number of carbonyl (C=O) groups excluding carboxylic acids is 1. The standard InChI is InChI=1S/C22H24O4S/c1-15-11-13-17(14-12-15)27(25)19-10-6-9-18(19)20(22(24)26-2)21(23)16-7-4-3-5-8-16/h3-5,7-8,10-14,18,20-21,23H,6,9H2,1-2H3/t18-,20-,21+,27?/m0/s1. The van der Waals surface area contributed by atoms with Crippen LogP contribution in [-0.2, 0) is 20.3 Å². The van der Waals surface area contributed by atoms with E-state index >= 15 is 0 Å². The summed E-state index contributed by atoms with van der Waals surface area (Å²) in [7, 11) is -0.0451. The molecule has 142 valence electrons. The first-order chi connectivity index (χ1) is 13.0. The van der Waals surface area contributed by atoms with Crippen LogP contribution in [0.5, 0.6) is 0 Å². The Kier molecular flexibility index (Phi) is 6.24. The number of ether oxygens (including phenoxy) is 1. The summed E-state index contributed by atoms with van der Waals surface area (Å²) in [6, 6.07) is 16.6. The first-order valence-corrected chi connectivity index (χ1v) is 10.2. The molecule has 4 nitrogen and oxygen atoms in total. The highest BCUT2D eigenvalue weighted by molar-refractivity contribution is 7.89. The minimum absolute atomic E-state index is 0.324. The van der Waals surface area contributed by atoms with Gasteiger partial charge in [0.1, 0.15) is 0 Å². The second-order valence-corrected chi connectivity index (χ2v) is 8.26. The lowest BCUT2D eigenvalue weighted by molar-refractivity contribution is -0.151. The van der Waals surface area contributed by atoms with E-state index in [9.17, 15) is 14.1 Å². The minimum Gasteiger partial charge on any atom is -0.469 e. The Morgan fingerprint density at radius 2 is 1.81 bits per heavy atom. The highest BCUT2D eigenvalue weighted by atomic mass is 32.2. The zero-order valence-electron chi connectivity index (χ0n) is 15.5. The van der Waals surface area contributed by atoms with Crippen molar-refractivity contribution >= 4 is 16.8 Å². The molecule has 0 heterocycles. The molecule has 0 bridgehead atoms. The van der Waals surface area contributed by atoms with Crippen molar-refractivity contribution in [2.24, 2.45) is 11.8 Å². The average Bonchev–Trinajstić information content (AvgIpc) is 3.17. The fourth-order valence-electron chi connectivity index (χ4n) is 3.57. The fourth-order valence-corrected chi connectivity index (χ4v) is 5.04. The van der Waals surface area contributed by atoms with E-state index in [2.05, 4.69) is 0 Å². The zero-order valence-corrected chi connectivity index (χ0v) is 16.3. The molecule has 0 saturated carbocycles. The molecule has 4 atom stereocenters. The Morgan fingerprint density at radius 1 is 1.15 bits per heavy atom. The topological polar surface area (TPSA) is 63.6 Å². The first kappa shape index (κ1) is 19.5. The van der Waals surface area contributed by atoms with E-state index in [0.717, 1.165) is 12.0 Å². The quantitative estimate of drug-likeness (QED) is 0.767. The van der Waals surface area contributed by atoms with Crippen LogP contribution in [0.3, 0.4) is 0 Å². The summed E-state index contributed by atoms with van der Waals surface area (Å²) >= 11 is 0. The highest BCUT2D eigenvalue weighted by Gasteiger charge is 2.41. The van der Waals surface area contributed by atoms with Gasteiger partial charge in [0.05, 0.1) is 29.9 Å². The number of carbonyl (C=O) groups is 1. The first-order valence-electron chi connectivity index (χ1n) is 9.02. The lowest BCUT2D eigenvalue weighted by Crippen LogP contribution is -2.31. The second-order valence-electron chi connectivity index (χ2n) is 6.78. The monoisotopic (exact) mass is 384 g/mol. The molecule has 0 aliphatic heterocycles. The molecule has 0 amide bonds.